The van der Waals surface area contributed by atoms with E-state index in [-0.39, 0.29) is 10.9 Å². The number of nitrogens with one attached hydrogen (secondary N) is 1. The van der Waals surface area contributed by atoms with Crippen molar-refractivity contribution in [2.75, 3.05) is 45.3 Å². The zero-order chi connectivity index (χ0) is 17.6. The van der Waals surface area contributed by atoms with Gasteiger partial charge in [0.1, 0.15) is 5.82 Å². The van der Waals surface area contributed by atoms with Gasteiger partial charge in [0.2, 0.25) is 0 Å². The van der Waals surface area contributed by atoms with Crippen LogP contribution in [0.2, 0.25) is 0 Å². The van der Waals surface area contributed by atoms with Crippen LogP contribution in [0.5, 0.6) is 0 Å². The minimum absolute atomic E-state index is 0.134. The molecular weight excluding hydrogens is 317 g/mol. The van der Waals surface area contributed by atoms with Gasteiger partial charge in [-0.05, 0) is 38.2 Å². The van der Waals surface area contributed by atoms with Crippen LogP contribution in [0.1, 0.15) is 13.8 Å². The van der Waals surface area contributed by atoms with Crippen LogP contribution in [0.3, 0.4) is 0 Å². The standard InChI is InChI=1S/C16H26FN3O2S/c1-12(2)11-20(9-8-19(3)4)16(21)18-13-6-7-15(23(5)22)14(17)10-13/h6-7,10,12H,8-9,11H2,1-5H3,(H,18,21)/t23-/m1/s1. The molecule has 5 nitrogen and oxygen atoms in total. The van der Waals surface area contributed by atoms with Gasteiger partial charge in [0.05, 0.1) is 15.7 Å². The molecule has 0 bridgehead atoms. The average Bonchev–Trinajstić information content (AvgIpc) is 2.42. The highest BCUT2D eigenvalue weighted by Crippen LogP contribution is 2.17. The number of benzene rings is 1. The van der Waals surface area contributed by atoms with Gasteiger partial charge in [-0.15, -0.1) is 0 Å². The van der Waals surface area contributed by atoms with Crippen molar-refractivity contribution in [1.29, 1.82) is 0 Å². The first-order chi connectivity index (χ1) is 10.7. The molecular formula is C16H26FN3O2S. The molecule has 1 rings (SSSR count). The van der Waals surface area contributed by atoms with Gasteiger partial charge < -0.3 is 15.1 Å². The number of rotatable bonds is 7. The Morgan fingerprint density at radius 2 is 1.96 bits per heavy atom. The molecule has 0 aliphatic carbocycles. The summed E-state index contributed by atoms with van der Waals surface area (Å²) in [5.41, 5.74) is 0.361. The largest absolute Gasteiger partial charge is 0.323 e. The lowest BCUT2D eigenvalue weighted by Crippen LogP contribution is -2.41. The van der Waals surface area contributed by atoms with Crippen molar-refractivity contribution < 1.29 is 13.4 Å². The first-order valence-electron chi connectivity index (χ1n) is 7.54. The molecule has 7 heteroatoms. The van der Waals surface area contributed by atoms with Crippen LogP contribution in [-0.4, -0.2) is 60.0 Å². The van der Waals surface area contributed by atoms with Crippen LogP contribution in [-0.2, 0) is 10.8 Å². The van der Waals surface area contributed by atoms with Gasteiger partial charge in [0, 0.05) is 31.6 Å². The number of likely N-dealkylation sites (N-methyl/N-ethyl adjacent to an activating group) is 1. The molecule has 2 amide bonds. The van der Waals surface area contributed by atoms with E-state index in [1.807, 2.05) is 32.8 Å². The molecule has 0 spiro atoms. The maximum absolute atomic E-state index is 13.9. The van der Waals surface area contributed by atoms with E-state index in [0.29, 0.717) is 24.7 Å². The van der Waals surface area contributed by atoms with Crippen LogP contribution in [0.25, 0.3) is 0 Å². The Balaban J connectivity index is 2.80. The summed E-state index contributed by atoms with van der Waals surface area (Å²) in [7, 11) is 2.51. The summed E-state index contributed by atoms with van der Waals surface area (Å²) in [6.45, 7) is 6.06. The van der Waals surface area contributed by atoms with Crippen LogP contribution in [0, 0.1) is 11.7 Å². The summed E-state index contributed by atoms with van der Waals surface area (Å²) in [6, 6.07) is 3.95. The lowest BCUT2D eigenvalue weighted by molar-refractivity contribution is 0.197. The van der Waals surface area contributed by atoms with Crippen LogP contribution in [0.4, 0.5) is 14.9 Å². The van der Waals surface area contributed by atoms with Gasteiger partial charge >= 0.3 is 6.03 Å². The van der Waals surface area contributed by atoms with Crippen molar-refractivity contribution in [3.05, 3.63) is 24.0 Å². The van der Waals surface area contributed by atoms with Crippen molar-refractivity contribution in [2.24, 2.45) is 5.92 Å². The monoisotopic (exact) mass is 343 g/mol. The number of anilines is 1. The SMILES string of the molecule is CC(C)CN(CCN(C)C)C(=O)Nc1ccc([S@@](C)=O)c(F)c1. The third-order valence-corrected chi connectivity index (χ3v) is 4.13. The molecule has 130 valence electrons. The molecule has 1 aromatic rings. The van der Waals surface area contributed by atoms with Gasteiger partial charge in [-0.3, -0.25) is 4.21 Å². The number of amides is 2. The second-order valence-corrected chi connectivity index (χ2v) is 7.52. The first kappa shape index (κ1) is 19.6. The van der Waals surface area contributed by atoms with Crippen molar-refractivity contribution >= 4 is 22.5 Å². The summed E-state index contributed by atoms with van der Waals surface area (Å²) in [6.07, 6.45) is 1.42. The van der Waals surface area contributed by atoms with Gasteiger partial charge in [-0.25, -0.2) is 9.18 Å². The fraction of sp³-hybridized carbons (Fsp3) is 0.562. The Labute approximate surface area is 140 Å². The molecule has 23 heavy (non-hydrogen) atoms. The van der Waals surface area contributed by atoms with E-state index in [0.717, 1.165) is 6.54 Å². The minimum atomic E-state index is -1.39. The molecule has 0 fully saturated rings. The van der Waals surface area contributed by atoms with Crippen molar-refractivity contribution in [3.8, 4) is 0 Å². The van der Waals surface area contributed by atoms with E-state index >= 15 is 0 Å². The lowest BCUT2D eigenvalue weighted by Gasteiger charge is -2.26. The van der Waals surface area contributed by atoms with E-state index in [1.54, 1.807) is 11.0 Å². The number of nitrogens with zero attached hydrogens (tertiary/aromatic N) is 2. The number of urea groups is 1. The maximum Gasteiger partial charge on any atom is 0.321 e. The van der Waals surface area contributed by atoms with Gasteiger partial charge in [-0.2, -0.15) is 0 Å². The molecule has 0 aliphatic heterocycles. The molecule has 1 N–H and O–H groups in total. The van der Waals surface area contributed by atoms with E-state index in [2.05, 4.69) is 5.32 Å². The number of hydrogen-bond acceptors (Lipinski definition) is 3. The fourth-order valence-corrected chi connectivity index (χ4v) is 2.64. The molecule has 0 saturated heterocycles. The summed E-state index contributed by atoms with van der Waals surface area (Å²) in [5.74, 6) is -0.239. The average molecular weight is 343 g/mol. The minimum Gasteiger partial charge on any atom is -0.323 e. The molecule has 1 aromatic carbocycles. The summed E-state index contributed by atoms with van der Waals surface area (Å²) in [5, 5.41) is 2.71. The highest BCUT2D eigenvalue weighted by atomic mass is 32.2. The van der Waals surface area contributed by atoms with Crippen molar-refractivity contribution in [3.63, 3.8) is 0 Å². The van der Waals surface area contributed by atoms with Crippen molar-refractivity contribution in [1.82, 2.24) is 9.80 Å². The normalized spacial score (nSPS) is 12.5. The number of halogens is 1. The van der Waals surface area contributed by atoms with Gasteiger partial charge in [0.25, 0.3) is 0 Å². The molecule has 0 unspecified atom stereocenters. The van der Waals surface area contributed by atoms with E-state index in [9.17, 15) is 13.4 Å². The first-order valence-corrected chi connectivity index (χ1v) is 9.10. The third-order valence-electron chi connectivity index (χ3n) is 3.18. The molecule has 0 aliphatic rings. The topological polar surface area (TPSA) is 52.6 Å². The Morgan fingerprint density at radius 1 is 1.30 bits per heavy atom. The Kier molecular flexibility index (Phi) is 7.64. The van der Waals surface area contributed by atoms with E-state index < -0.39 is 16.6 Å². The predicted octanol–water partition coefficient (Wildman–Crippen LogP) is 2.61. The lowest BCUT2D eigenvalue weighted by atomic mass is 10.2. The molecule has 0 radical (unpaired) electrons. The summed E-state index contributed by atoms with van der Waals surface area (Å²) in [4.78, 5) is 16.3. The maximum atomic E-state index is 13.9. The molecule has 1 atom stereocenters. The summed E-state index contributed by atoms with van der Waals surface area (Å²) >= 11 is 0. The number of hydrogen-bond donors (Lipinski definition) is 1. The van der Waals surface area contributed by atoms with Gasteiger partial charge in [0.15, 0.2) is 0 Å². The third kappa shape index (κ3) is 6.66. The summed E-state index contributed by atoms with van der Waals surface area (Å²) < 4.78 is 25.2. The Hall–Kier alpha value is -1.47. The number of carbonyl (C=O) groups excluding carboxylic acids is 1. The molecule has 0 heterocycles. The predicted molar refractivity (Wildman–Crippen MR) is 92.7 cm³/mol. The van der Waals surface area contributed by atoms with Crippen LogP contribution >= 0.6 is 0 Å². The van der Waals surface area contributed by atoms with Crippen molar-refractivity contribution in [2.45, 2.75) is 18.7 Å². The van der Waals surface area contributed by atoms with Crippen LogP contribution < -0.4 is 5.32 Å². The van der Waals surface area contributed by atoms with E-state index in [1.165, 1.54) is 18.4 Å². The van der Waals surface area contributed by atoms with E-state index in [4.69, 9.17) is 0 Å². The highest BCUT2D eigenvalue weighted by Gasteiger charge is 2.16. The Bertz CT molecular complexity index is 564. The second kappa shape index (κ2) is 8.98. The molecule has 0 saturated carbocycles. The second-order valence-electron chi connectivity index (χ2n) is 6.17. The smallest absolute Gasteiger partial charge is 0.321 e. The quantitative estimate of drug-likeness (QED) is 0.828. The van der Waals surface area contributed by atoms with Gasteiger partial charge in [-0.1, -0.05) is 13.8 Å². The zero-order valence-electron chi connectivity index (χ0n) is 14.4. The van der Waals surface area contributed by atoms with Crippen LogP contribution in [0.15, 0.2) is 23.1 Å². The Morgan fingerprint density at radius 3 is 2.43 bits per heavy atom. The zero-order valence-corrected chi connectivity index (χ0v) is 15.2. The highest BCUT2D eigenvalue weighted by molar-refractivity contribution is 7.84. The fourth-order valence-electron chi connectivity index (χ4n) is 2.05. The molecule has 0 aromatic heterocycles. The number of carbonyl (C=O) groups is 1.